The summed E-state index contributed by atoms with van der Waals surface area (Å²) in [7, 11) is 1.76. The number of carbonyl (C=O) groups is 1. The lowest BCUT2D eigenvalue weighted by Gasteiger charge is -2.34. The summed E-state index contributed by atoms with van der Waals surface area (Å²) in [5, 5.41) is 6.49. The van der Waals surface area contributed by atoms with Crippen LogP contribution >= 0.6 is 11.6 Å². The third-order valence-corrected chi connectivity index (χ3v) is 6.15. The molecule has 34 heavy (non-hydrogen) atoms. The number of anilines is 4. The minimum absolute atomic E-state index is 0.309. The summed E-state index contributed by atoms with van der Waals surface area (Å²) < 4.78 is 1.66. The van der Waals surface area contributed by atoms with Crippen LogP contribution in [0.5, 0.6) is 0 Å². The molecule has 1 aliphatic rings. The van der Waals surface area contributed by atoms with Gasteiger partial charge in [-0.1, -0.05) is 30.7 Å². The summed E-state index contributed by atoms with van der Waals surface area (Å²) in [4.78, 5) is 35.4. The number of aryl methyl sites for hydroxylation is 2. The van der Waals surface area contributed by atoms with Gasteiger partial charge in [-0.15, -0.1) is 0 Å². The molecule has 1 saturated heterocycles. The molecule has 0 aliphatic carbocycles. The van der Waals surface area contributed by atoms with Crippen molar-refractivity contribution in [2.45, 2.75) is 27.2 Å². The van der Waals surface area contributed by atoms with Crippen molar-refractivity contribution < 1.29 is 4.79 Å². The van der Waals surface area contributed by atoms with E-state index >= 15 is 0 Å². The zero-order chi connectivity index (χ0) is 24.2. The Morgan fingerprint density at radius 2 is 1.88 bits per heavy atom. The van der Waals surface area contributed by atoms with Gasteiger partial charge >= 0.3 is 0 Å². The molecule has 1 aliphatic heterocycles. The van der Waals surface area contributed by atoms with Crippen molar-refractivity contribution in [2.75, 3.05) is 48.3 Å². The SMILES string of the molecule is CCCN1CCN(c2nc(C)nc(Nc3ncc(C(=O)Nc4c(C)cccc4Cl)n3C)n2)CC1. The summed E-state index contributed by atoms with van der Waals surface area (Å²) in [6, 6.07) is 5.47. The molecule has 1 fully saturated rings. The van der Waals surface area contributed by atoms with Crippen molar-refractivity contribution in [2.24, 2.45) is 7.05 Å². The molecule has 0 bridgehead atoms. The van der Waals surface area contributed by atoms with E-state index in [0.29, 0.717) is 40.1 Å². The number of benzene rings is 1. The van der Waals surface area contributed by atoms with Gasteiger partial charge in [0.2, 0.25) is 17.8 Å². The number of carbonyl (C=O) groups excluding carboxylic acids is 1. The van der Waals surface area contributed by atoms with Gasteiger partial charge in [0, 0.05) is 33.2 Å². The van der Waals surface area contributed by atoms with Crippen LogP contribution in [0.2, 0.25) is 5.02 Å². The fourth-order valence-electron chi connectivity index (χ4n) is 3.96. The minimum Gasteiger partial charge on any atom is -0.338 e. The number of hydrogen-bond donors (Lipinski definition) is 2. The predicted molar refractivity (Wildman–Crippen MR) is 134 cm³/mol. The summed E-state index contributed by atoms with van der Waals surface area (Å²) >= 11 is 6.25. The van der Waals surface area contributed by atoms with Crippen molar-refractivity contribution in [3.8, 4) is 0 Å². The molecule has 3 aromatic rings. The van der Waals surface area contributed by atoms with Crippen LogP contribution in [0.25, 0.3) is 0 Å². The van der Waals surface area contributed by atoms with E-state index in [1.54, 1.807) is 17.7 Å². The quantitative estimate of drug-likeness (QED) is 0.527. The molecule has 0 atom stereocenters. The average molecular weight is 484 g/mol. The first-order valence-electron chi connectivity index (χ1n) is 11.4. The summed E-state index contributed by atoms with van der Waals surface area (Å²) in [6.07, 6.45) is 2.66. The maximum atomic E-state index is 12.9. The number of nitrogens with zero attached hydrogens (tertiary/aromatic N) is 7. The van der Waals surface area contributed by atoms with Crippen LogP contribution < -0.4 is 15.5 Å². The highest BCUT2D eigenvalue weighted by Gasteiger charge is 2.21. The van der Waals surface area contributed by atoms with E-state index in [4.69, 9.17) is 11.6 Å². The van der Waals surface area contributed by atoms with Crippen molar-refractivity contribution in [1.82, 2.24) is 29.4 Å². The van der Waals surface area contributed by atoms with Gasteiger partial charge in [0.1, 0.15) is 11.5 Å². The van der Waals surface area contributed by atoms with Gasteiger partial charge in [0.15, 0.2) is 0 Å². The van der Waals surface area contributed by atoms with Gasteiger partial charge in [-0.25, -0.2) is 4.98 Å². The molecule has 0 saturated carbocycles. The Morgan fingerprint density at radius 3 is 2.59 bits per heavy atom. The zero-order valence-corrected chi connectivity index (χ0v) is 20.7. The van der Waals surface area contributed by atoms with E-state index in [9.17, 15) is 4.79 Å². The van der Waals surface area contributed by atoms with Crippen molar-refractivity contribution >= 4 is 41.0 Å². The van der Waals surface area contributed by atoms with Crippen molar-refractivity contribution in [3.05, 3.63) is 46.5 Å². The molecule has 2 N–H and O–H groups in total. The minimum atomic E-state index is -0.309. The third kappa shape index (κ3) is 5.28. The van der Waals surface area contributed by atoms with E-state index < -0.39 is 0 Å². The Morgan fingerprint density at radius 1 is 1.12 bits per heavy atom. The zero-order valence-electron chi connectivity index (χ0n) is 20.0. The molecule has 0 radical (unpaired) electrons. The van der Waals surface area contributed by atoms with Gasteiger partial charge in [0.05, 0.1) is 16.9 Å². The molecule has 180 valence electrons. The smallest absolute Gasteiger partial charge is 0.274 e. The van der Waals surface area contributed by atoms with Crippen LogP contribution in [0.3, 0.4) is 0 Å². The van der Waals surface area contributed by atoms with Crippen LogP contribution in [0.15, 0.2) is 24.4 Å². The monoisotopic (exact) mass is 483 g/mol. The van der Waals surface area contributed by atoms with Crippen LogP contribution in [0.4, 0.5) is 23.5 Å². The van der Waals surface area contributed by atoms with Crippen LogP contribution in [-0.4, -0.2) is 68.0 Å². The normalized spacial score (nSPS) is 14.3. The van der Waals surface area contributed by atoms with Gasteiger partial charge in [-0.05, 0) is 38.4 Å². The van der Waals surface area contributed by atoms with Gasteiger partial charge in [-0.3, -0.25) is 15.0 Å². The number of nitrogens with one attached hydrogen (secondary N) is 2. The standard InChI is InChI=1S/C23H30ClN9O/c1-5-9-32-10-12-33(13-11-32)23-27-16(3)26-21(30-23)29-22-25-14-18(31(22)4)20(34)28-19-15(2)7-6-8-17(19)24/h6-8,14H,5,9-13H2,1-4H3,(H,28,34)(H,25,26,27,29,30). The molecule has 0 unspecified atom stereocenters. The van der Waals surface area contributed by atoms with Crippen LogP contribution in [0, 0.1) is 13.8 Å². The molecule has 1 amide bonds. The number of rotatable bonds is 7. The summed E-state index contributed by atoms with van der Waals surface area (Å²) in [6.45, 7) is 10.8. The maximum absolute atomic E-state index is 12.9. The lowest BCUT2D eigenvalue weighted by atomic mass is 10.2. The second kappa shape index (κ2) is 10.4. The fraction of sp³-hybridized carbons (Fsp3) is 0.435. The topological polar surface area (TPSA) is 104 Å². The van der Waals surface area contributed by atoms with E-state index in [2.05, 4.69) is 47.3 Å². The highest BCUT2D eigenvalue weighted by molar-refractivity contribution is 6.34. The van der Waals surface area contributed by atoms with Gasteiger partial charge in [0.25, 0.3) is 5.91 Å². The number of hydrogen-bond acceptors (Lipinski definition) is 8. The number of halogens is 1. The van der Waals surface area contributed by atoms with Crippen LogP contribution in [0.1, 0.15) is 35.2 Å². The van der Waals surface area contributed by atoms with Gasteiger partial charge < -0.3 is 14.8 Å². The molecular formula is C23H30ClN9O. The molecule has 1 aromatic carbocycles. The molecule has 0 spiro atoms. The number of aromatic nitrogens is 5. The number of amides is 1. The largest absolute Gasteiger partial charge is 0.338 e. The molecular weight excluding hydrogens is 454 g/mol. The molecule has 4 rings (SSSR count). The highest BCUT2D eigenvalue weighted by Crippen LogP contribution is 2.26. The summed E-state index contributed by atoms with van der Waals surface area (Å²) in [5.41, 5.74) is 1.84. The van der Waals surface area contributed by atoms with Crippen molar-refractivity contribution in [3.63, 3.8) is 0 Å². The predicted octanol–water partition coefficient (Wildman–Crippen LogP) is 3.40. The van der Waals surface area contributed by atoms with E-state index in [1.165, 1.54) is 6.20 Å². The average Bonchev–Trinajstić information content (AvgIpc) is 3.16. The molecule has 11 heteroatoms. The molecule has 10 nitrogen and oxygen atoms in total. The Hall–Kier alpha value is -3.24. The fourth-order valence-corrected chi connectivity index (χ4v) is 4.23. The third-order valence-electron chi connectivity index (χ3n) is 5.84. The number of piperazine rings is 1. The van der Waals surface area contributed by atoms with E-state index in [-0.39, 0.29) is 5.91 Å². The summed E-state index contributed by atoms with van der Waals surface area (Å²) in [5.74, 6) is 1.79. The van der Waals surface area contributed by atoms with Crippen LogP contribution in [-0.2, 0) is 7.05 Å². The maximum Gasteiger partial charge on any atom is 0.274 e. The number of para-hydroxylation sites is 1. The highest BCUT2D eigenvalue weighted by atomic mass is 35.5. The second-order valence-corrected chi connectivity index (χ2v) is 8.78. The first-order valence-corrected chi connectivity index (χ1v) is 11.8. The first kappa shape index (κ1) is 23.9. The Kier molecular flexibility index (Phi) is 7.28. The van der Waals surface area contributed by atoms with E-state index in [0.717, 1.165) is 44.7 Å². The van der Waals surface area contributed by atoms with Gasteiger partial charge in [-0.2, -0.15) is 15.0 Å². The Bertz CT molecular complexity index is 1150. The Labute approximate surface area is 204 Å². The van der Waals surface area contributed by atoms with E-state index in [1.807, 2.05) is 26.0 Å². The lowest BCUT2D eigenvalue weighted by molar-refractivity contribution is 0.101. The lowest BCUT2D eigenvalue weighted by Crippen LogP contribution is -2.47. The van der Waals surface area contributed by atoms with Crippen molar-refractivity contribution in [1.29, 1.82) is 0 Å². The second-order valence-electron chi connectivity index (χ2n) is 8.37. The number of imidazole rings is 1. The molecule has 3 heterocycles. The molecule has 2 aromatic heterocycles. The first-order chi connectivity index (χ1) is 16.4. The Balaban J connectivity index is 1.48.